The molecule has 0 aliphatic heterocycles. The van der Waals surface area contributed by atoms with Crippen LogP contribution in [0, 0.1) is 0 Å². The van der Waals surface area contributed by atoms with Crippen LogP contribution in [0.25, 0.3) is 0 Å². The van der Waals surface area contributed by atoms with Crippen molar-refractivity contribution in [2.45, 2.75) is 19.0 Å². The number of nitrogens with zero attached hydrogens (tertiary/aromatic N) is 2. The fraction of sp³-hybridized carbons (Fsp3) is 0.556. The van der Waals surface area contributed by atoms with Crippen molar-refractivity contribution in [1.82, 2.24) is 14.9 Å². The molecule has 1 unspecified atom stereocenters. The predicted molar refractivity (Wildman–Crippen MR) is 55.1 cm³/mol. The Balaban J connectivity index is 2.17. The van der Waals surface area contributed by atoms with Crippen molar-refractivity contribution >= 4 is 5.97 Å². The molecular weight excluding hydrogens is 196 g/mol. The zero-order chi connectivity index (χ0) is 11.3. The number of aromatic nitrogens is 2. The van der Waals surface area contributed by atoms with Crippen LogP contribution in [0.3, 0.4) is 0 Å². The van der Waals surface area contributed by atoms with E-state index >= 15 is 0 Å². The van der Waals surface area contributed by atoms with Crippen LogP contribution < -0.4 is 11.1 Å². The van der Waals surface area contributed by atoms with E-state index in [0.29, 0.717) is 19.5 Å². The first-order chi connectivity index (χ1) is 7.11. The SMILES string of the molecule is Cn1ccnc1CNCCC(N)C(=O)O. The number of imidazole rings is 1. The van der Waals surface area contributed by atoms with E-state index in [1.54, 1.807) is 6.20 Å². The minimum atomic E-state index is -0.964. The van der Waals surface area contributed by atoms with Gasteiger partial charge in [-0.1, -0.05) is 0 Å². The van der Waals surface area contributed by atoms with Gasteiger partial charge in [-0.25, -0.2) is 4.98 Å². The van der Waals surface area contributed by atoms with Gasteiger partial charge in [-0.2, -0.15) is 0 Å². The third-order valence-electron chi connectivity index (χ3n) is 2.15. The maximum Gasteiger partial charge on any atom is 0.320 e. The van der Waals surface area contributed by atoms with Crippen molar-refractivity contribution in [3.63, 3.8) is 0 Å². The maximum atomic E-state index is 10.4. The smallest absolute Gasteiger partial charge is 0.320 e. The monoisotopic (exact) mass is 212 g/mol. The van der Waals surface area contributed by atoms with E-state index in [9.17, 15) is 4.79 Å². The summed E-state index contributed by atoms with van der Waals surface area (Å²) in [5.41, 5.74) is 5.35. The Bertz CT molecular complexity index is 324. The largest absolute Gasteiger partial charge is 0.480 e. The second-order valence-corrected chi connectivity index (χ2v) is 3.36. The van der Waals surface area contributed by atoms with E-state index in [-0.39, 0.29) is 0 Å². The van der Waals surface area contributed by atoms with Gasteiger partial charge < -0.3 is 20.7 Å². The standard InChI is InChI=1S/C9H16N4O2/c1-13-5-4-12-8(13)6-11-3-2-7(10)9(14)15/h4-5,7,11H,2-3,6,10H2,1H3,(H,14,15). The molecule has 0 fully saturated rings. The third kappa shape index (κ3) is 3.69. The minimum Gasteiger partial charge on any atom is -0.480 e. The van der Waals surface area contributed by atoms with Crippen LogP contribution in [-0.4, -0.2) is 33.2 Å². The topological polar surface area (TPSA) is 93.2 Å². The summed E-state index contributed by atoms with van der Waals surface area (Å²) in [5.74, 6) is -0.0484. The van der Waals surface area contributed by atoms with Gasteiger partial charge in [-0.15, -0.1) is 0 Å². The van der Waals surface area contributed by atoms with Crippen LogP contribution in [0.1, 0.15) is 12.2 Å². The summed E-state index contributed by atoms with van der Waals surface area (Å²) in [6, 6.07) is -0.793. The first kappa shape index (κ1) is 11.7. The summed E-state index contributed by atoms with van der Waals surface area (Å²) in [4.78, 5) is 14.5. The molecule has 1 aromatic rings. The van der Waals surface area contributed by atoms with Gasteiger partial charge in [0, 0.05) is 19.4 Å². The highest BCUT2D eigenvalue weighted by Gasteiger charge is 2.10. The lowest BCUT2D eigenvalue weighted by Crippen LogP contribution is -2.33. The van der Waals surface area contributed by atoms with Crippen molar-refractivity contribution in [1.29, 1.82) is 0 Å². The van der Waals surface area contributed by atoms with Gasteiger partial charge in [0.2, 0.25) is 0 Å². The number of carboxylic acids is 1. The Labute approximate surface area is 88.1 Å². The van der Waals surface area contributed by atoms with E-state index < -0.39 is 12.0 Å². The Morgan fingerprint density at radius 3 is 3.07 bits per heavy atom. The van der Waals surface area contributed by atoms with Crippen LogP contribution >= 0.6 is 0 Å². The average molecular weight is 212 g/mol. The molecule has 0 bridgehead atoms. The number of carboxylic acid groups (broad SMARTS) is 1. The normalized spacial score (nSPS) is 12.7. The molecule has 1 atom stereocenters. The molecule has 0 amide bonds. The highest BCUT2D eigenvalue weighted by atomic mass is 16.4. The van der Waals surface area contributed by atoms with Crippen molar-refractivity contribution in [3.8, 4) is 0 Å². The first-order valence-corrected chi connectivity index (χ1v) is 4.76. The molecule has 0 aliphatic carbocycles. The van der Waals surface area contributed by atoms with Gasteiger partial charge in [0.05, 0.1) is 6.54 Å². The molecule has 84 valence electrons. The van der Waals surface area contributed by atoms with Crippen molar-refractivity contribution in [2.75, 3.05) is 6.54 Å². The zero-order valence-electron chi connectivity index (χ0n) is 8.68. The lowest BCUT2D eigenvalue weighted by atomic mass is 10.2. The Morgan fingerprint density at radius 2 is 2.53 bits per heavy atom. The molecule has 15 heavy (non-hydrogen) atoms. The van der Waals surface area contributed by atoms with Crippen molar-refractivity contribution in [2.24, 2.45) is 12.8 Å². The van der Waals surface area contributed by atoms with E-state index in [1.165, 1.54) is 0 Å². The molecule has 0 spiro atoms. The Morgan fingerprint density at radius 1 is 1.80 bits per heavy atom. The summed E-state index contributed by atoms with van der Waals surface area (Å²) in [7, 11) is 1.91. The van der Waals surface area contributed by atoms with Crippen molar-refractivity contribution < 1.29 is 9.90 Å². The van der Waals surface area contributed by atoms with Crippen LogP contribution in [0.5, 0.6) is 0 Å². The van der Waals surface area contributed by atoms with Gasteiger partial charge in [0.15, 0.2) is 0 Å². The second-order valence-electron chi connectivity index (χ2n) is 3.36. The lowest BCUT2D eigenvalue weighted by Gasteiger charge is -2.07. The molecule has 0 saturated carbocycles. The number of hydrogen-bond donors (Lipinski definition) is 3. The quantitative estimate of drug-likeness (QED) is 0.543. The summed E-state index contributed by atoms with van der Waals surface area (Å²) >= 11 is 0. The second kappa shape index (κ2) is 5.47. The predicted octanol–water partition coefficient (Wildman–Crippen LogP) is -0.688. The molecule has 4 N–H and O–H groups in total. The van der Waals surface area contributed by atoms with E-state index in [1.807, 2.05) is 17.8 Å². The van der Waals surface area contributed by atoms with Gasteiger partial charge in [0.25, 0.3) is 0 Å². The third-order valence-corrected chi connectivity index (χ3v) is 2.15. The van der Waals surface area contributed by atoms with Crippen LogP contribution in [0.15, 0.2) is 12.4 Å². The number of aryl methyl sites for hydroxylation is 1. The van der Waals surface area contributed by atoms with Gasteiger partial charge in [0.1, 0.15) is 11.9 Å². The molecule has 6 heteroatoms. The van der Waals surface area contributed by atoms with Gasteiger partial charge in [-0.05, 0) is 13.0 Å². The van der Waals surface area contributed by atoms with Crippen LogP contribution in [-0.2, 0) is 18.4 Å². The summed E-state index contributed by atoms with van der Waals surface area (Å²) in [5, 5.41) is 11.6. The highest BCUT2D eigenvalue weighted by Crippen LogP contribution is 1.93. The van der Waals surface area contributed by atoms with Crippen molar-refractivity contribution in [3.05, 3.63) is 18.2 Å². The fourth-order valence-electron chi connectivity index (χ4n) is 1.15. The molecule has 0 aliphatic rings. The van der Waals surface area contributed by atoms with Crippen LogP contribution in [0.4, 0.5) is 0 Å². The summed E-state index contributed by atoms with van der Waals surface area (Å²) < 4.78 is 1.91. The number of nitrogens with one attached hydrogen (secondary N) is 1. The number of carbonyl (C=O) groups is 1. The zero-order valence-corrected chi connectivity index (χ0v) is 8.68. The minimum absolute atomic E-state index is 0.416. The Kier molecular flexibility index (Phi) is 4.26. The fourth-order valence-corrected chi connectivity index (χ4v) is 1.15. The molecule has 1 heterocycles. The van der Waals surface area contributed by atoms with Gasteiger partial charge >= 0.3 is 5.97 Å². The van der Waals surface area contributed by atoms with Crippen LogP contribution in [0.2, 0.25) is 0 Å². The molecule has 6 nitrogen and oxygen atoms in total. The first-order valence-electron chi connectivity index (χ1n) is 4.76. The molecule has 1 aromatic heterocycles. The molecule has 0 aromatic carbocycles. The molecule has 0 radical (unpaired) electrons. The Hall–Kier alpha value is -1.40. The summed E-state index contributed by atoms with van der Waals surface area (Å²) in [6.07, 6.45) is 4.00. The van der Waals surface area contributed by atoms with E-state index in [2.05, 4.69) is 10.3 Å². The highest BCUT2D eigenvalue weighted by molar-refractivity contribution is 5.72. The maximum absolute atomic E-state index is 10.4. The summed E-state index contributed by atoms with van der Waals surface area (Å²) in [6.45, 7) is 1.19. The average Bonchev–Trinajstić information content (AvgIpc) is 2.58. The molecule has 0 saturated heterocycles. The molecular formula is C9H16N4O2. The van der Waals surface area contributed by atoms with E-state index in [0.717, 1.165) is 5.82 Å². The lowest BCUT2D eigenvalue weighted by molar-refractivity contribution is -0.138. The number of aliphatic carboxylic acids is 1. The van der Waals surface area contributed by atoms with E-state index in [4.69, 9.17) is 10.8 Å². The number of nitrogens with two attached hydrogens (primary N) is 1. The number of hydrogen-bond acceptors (Lipinski definition) is 4. The van der Waals surface area contributed by atoms with Gasteiger partial charge in [-0.3, -0.25) is 4.79 Å². The molecule has 1 rings (SSSR count). The number of rotatable bonds is 6.